The van der Waals surface area contributed by atoms with Gasteiger partial charge in [0.15, 0.2) is 4.80 Å². The van der Waals surface area contributed by atoms with E-state index in [1.807, 2.05) is 0 Å². The summed E-state index contributed by atoms with van der Waals surface area (Å²) in [6, 6.07) is 16.3. The van der Waals surface area contributed by atoms with E-state index in [9.17, 15) is 23.3 Å². The van der Waals surface area contributed by atoms with Crippen LogP contribution in [0.15, 0.2) is 76.6 Å². The standard InChI is InChI=1S/C24H22N4O7S2/c1-34-14-13-27-21-12-7-18(28(30)31)15-22(21)36-24(27)25-23(29)16-3-5-17(6-4-16)26-37(32,33)20-10-8-19(35-2)9-11-20/h3-12,15,26H,13-14H2,1-2H3. The van der Waals surface area contributed by atoms with Crippen molar-refractivity contribution in [3.8, 4) is 5.75 Å². The number of ether oxygens (including phenoxy) is 2. The fourth-order valence-corrected chi connectivity index (χ4v) is 5.61. The van der Waals surface area contributed by atoms with Crippen molar-refractivity contribution in [1.29, 1.82) is 0 Å². The third kappa shape index (κ3) is 5.85. The molecule has 0 radical (unpaired) electrons. The van der Waals surface area contributed by atoms with Gasteiger partial charge in [0.1, 0.15) is 5.75 Å². The fourth-order valence-electron chi connectivity index (χ4n) is 3.46. The number of fused-ring (bicyclic) bond motifs is 1. The number of carbonyl (C=O) groups is 1. The summed E-state index contributed by atoms with van der Waals surface area (Å²) in [4.78, 5) is 28.2. The molecular weight excluding hydrogens is 520 g/mol. The van der Waals surface area contributed by atoms with Gasteiger partial charge in [-0.3, -0.25) is 19.6 Å². The molecule has 0 aliphatic carbocycles. The minimum atomic E-state index is -3.83. The van der Waals surface area contributed by atoms with Crippen LogP contribution in [0, 0.1) is 10.1 Å². The third-order valence-corrected chi connectivity index (χ3v) is 7.79. The number of benzene rings is 3. The van der Waals surface area contributed by atoms with Crippen LogP contribution in [0.1, 0.15) is 10.4 Å². The highest BCUT2D eigenvalue weighted by Crippen LogP contribution is 2.24. The lowest BCUT2D eigenvalue weighted by Crippen LogP contribution is -2.19. The fraction of sp³-hybridized carbons (Fsp3) is 0.167. The first-order valence-electron chi connectivity index (χ1n) is 10.8. The van der Waals surface area contributed by atoms with E-state index in [0.717, 1.165) is 11.3 Å². The SMILES string of the molecule is COCCn1c(=NC(=O)c2ccc(NS(=O)(=O)c3ccc(OC)cc3)cc2)sc2cc([N+](=O)[O-])ccc21. The first-order chi connectivity index (χ1) is 17.7. The number of rotatable bonds is 9. The monoisotopic (exact) mass is 542 g/mol. The Hall–Kier alpha value is -4.07. The van der Waals surface area contributed by atoms with Crippen LogP contribution in [-0.4, -0.2) is 44.6 Å². The molecule has 13 heteroatoms. The maximum absolute atomic E-state index is 12.9. The lowest BCUT2D eigenvalue weighted by molar-refractivity contribution is -0.384. The first-order valence-corrected chi connectivity index (χ1v) is 13.1. The van der Waals surface area contributed by atoms with Gasteiger partial charge in [0.2, 0.25) is 0 Å². The second-order valence-electron chi connectivity index (χ2n) is 7.71. The predicted octanol–water partition coefficient (Wildman–Crippen LogP) is 3.81. The van der Waals surface area contributed by atoms with Crippen molar-refractivity contribution in [2.75, 3.05) is 25.5 Å². The van der Waals surface area contributed by atoms with Crippen LogP contribution >= 0.6 is 11.3 Å². The van der Waals surface area contributed by atoms with Gasteiger partial charge in [-0.05, 0) is 54.6 Å². The van der Waals surface area contributed by atoms with E-state index in [4.69, 9.17) is 9.47 Å². The third-order valence-electron chi connectivity index (χ3n) is 5.35. The maximum atomic E-state index is 12.9. The molecule has 4 aromatic rings. The molecule has 1 heterocycles. The van der Waals surface area contributed by atoms with E-state index in [-0.39, 0.29) is 21.8 Å². The number of sulfonamides is 1. The van der Waals surface area contributed by atoms with E-state index in [1.165, 1.54) is 55.6 Å². The number of methoxy groups -OCH3 is 2. The second kappa shape index (κ2) is 10.9. The normalized spacial score (nSPS) is 12.0. The molecule has 1 aromatic heterocycles. The number of amides is 1. The van der Waals surface area contributed by atoms with E-state index in [1.54, 1.807) is 29.9 Å². The summed E-state index contributed by atoms with van der Waals surface area (Å²) in [5, 5.41) is 11.2. The Morgan fingerprint density at radius 2 is 1.78 bits per heavy atom. The average molecular weight is 543 g/mol. The van der Waals surface area contributed by atoms with Crippen molar-refractivity contribution < 1.29 is 27.6 Å². The second-order valence-corrected chi connectivity index (χ2v) is 10.4. The van der Waals surface area contributed by atoms with Crippen molar-refractivity contribution in [2.24, 2.45) is 4.99 Å². The van der Waals surface area contributed by atoms with Gasteiger partial charge in [0, 0.05) is 37.0 Å². The number of thiazole rings is 1. The number of nitro benzene ring substituents is 1. The molecule has 37 heavy (non-hydrogen) atoms. The van der Waals surface area contributed by atoms with Crippen molar-refractivity contribution >= 4 is 48.9 Å². The number of anilines is 1. The summed E-state index contributed by atoms with van der Waals surface area (Å²) in [6.45, 7) is 0.750. The summed E-state index contributed by atoms with van der Waals surface area (Å²) < 4.78 is 40.3. The number of nitro groups is 1. The smallest absolute Gasteiger partial charge is 0.279 e. The molecule has 4 rings (SSSR count). The lowest BCUT2D eigenvalue weighted by atomic mass is 10.2. The lowest BCUT2D eigenvalue weighted by Gasteiger charge is -2.09. The highest BCUT2D eigenvalue weighted by Gasteiger charge is 2.16. The van der Waals surface area contributed by atoms with Gasteiger partial charge in [-0.25, -0.2) is 8.42 Å². The Kier molecular flexibility index (Phi) is 7.66. The van der Waals surface area contributed by atoms with Crippen molar-refractivity contribution in [1.82, 2.24) is 4.57 Å². The van der Waals surface area contributed by atoms with Crippen molar-refractivity contribution in [3.63, 3.8) is 0 Å². The van der Waals surface area contributed by atoms with Crippen LogP contribution < -0.4 is 14.3 Å². The summed E-state index contributed by atoms with van der Waals surface area (Å²) in [6.07, 6.45) is 0. The Morgan fingerprint density at radius 1 is 1.08 bits per heavy atom. The summed E-state index contributed by atoms with van der Waals surface area (Å²) in [7, 11) is -0.797. The van der Waals surface area contributed by atoms with Gasteiger partial charge in [0.25, 0.3) is 21.6 Å². The van der Waals surface area contributed by atoms with Crippen LogP contribution in [0.25, 0.3) is 10.2 Å². The van der Waals surface area contributed by atoms with Crippen molar-refractivity contribution in [2.45, 2.75) is 11.4 Å². The van der Waals surface area contributed by atoms with Crippen LogP contribution in [-0.2, 0) is 21.3 Å². The first kappa shape index (κ1) is 26.0. The molecule has 0 saturated heterocycles. The number of nitrogens with one attached hydrogen (secondary N) is 1. The van der Waals surface area contributed by atoms with Crippen molar-refractivity contribution in [3.05, 3.63) is 87.2 Å². The Morgan fingerprint density at radius 3 is 2.41 bits per heavy atom. The molecule has 192 valence electrons. The van der Waals surface area contributed by atoms with E-state index < -0.39 is 20.9 Å². The maximum Gasteiger partial charge on any atom is 0.279 e. The molecule has 1 N–H and O–H groups in total. The molecule has 1 amide bonds. The number of nitrogens with zero attached hydrogens (tertiary/aromatic N) is 3. The Balaban J connectivity index is 1.60. The highest BCUT2D eigenvalue weighted by atomic mass is 32.2. The van der Waals surface area contributed by atoms with Crippen LogP contribution in [0.2, 0.25) is 0 Å². The summed E-state index contributed by atoms with van der Waals surface area (Å²) in [5.74, 6) is -0.0113. The number of aromatic nitrogens is 1. The van der Waals surface area contributed by atoms with Gasteiger partial charge in [-0.1, -0.05) is 11.3 Å². The molecule has 3 aromatic carbocycles. The quantitative estimate of drug-likeness (QED) is 0.250. The zero-order valence-electron chi connectivity index (χ0n) is 19.8. The van der Waals surface area contributed by atoms with E-state index >= 15 is 0 Å². The topological polar surface area (TPSA) is 142 Å². The molecule has 0 fully saturated rings. The Bertz CT molecular complexity index is 1620. The molecule has 0 unspecified atom stereocenters. The van der Waals surface area contributed by atoms with Gasteiger partial charge in [0.05, 0.1) is 33.8 Å². The van der Waals surface area contributed by atoms with Gasteiger partial charge >= 0.3 is 0 Å². The zero-order chi connectivity index (χ0) is 26.6. The molecule has 0 saturated carbocycles. The Labute approximate surface area is 215 Å². The van der Waals surface area contributed by atoms with Gasteiger partial charge < -0.3 is 14.0 Å². The number of hydrogen-bond donors (Lipinski definition) is 1. The summed E-state index contributed by atoms with van der Waals surface area (Å²) >= 11 is 1.15. The molecular formula is C24H22N4O7S2. The van der Waals surface area contributed by atoms with Crippen LogP contribution in [0.3, 0.4) is 0 Å². The predicted molar refractivity (Wildman–Crippen MR) is 138 cm³/mol. The molecule has 11 nitrogen and oxygen atoms in total. The molecule has 0 aliphatic rings. The number of hydrogen-bond acceptors (Lipinski definition) is 8. The number of carbonyl (C=O) groups excluding carboxylic acids is 1. The largest absolute Gasteiger partial charge is 0.497 e. The van der Waals surface area contributed by atoms with Gasteiger partial charge in [-0.2, -0.15) is 4.99 Å². The van der Waals surface area contributed by atoms with Crippen LogP contribution in [0.5, 0.6) is 5.75 Å². The molecule has 0 atom stereocenters. The molecule has 0 bridgehead atoms. The minimum Gasteiger partial charge on any atom is -0.497 e. The molecule has 0 spiro atoms. The highest BCUT2D eigenvalue weighted by molar-refractivity contribution is 7.92. The zero-order valence-corrected chi connectivity index (χ0v) is 21.4. The van der Waals surface area contributed by atoms with Gasteiger partial charge in [-0.15, -0.1) is 0 Å². The van der Waals surface area contributed by atoms with E-state index in [2.05, 4.69) is 9.71 Å². The number of non-ortho nitro benzene ring substituents is 1. The molecule has 0 aliphatic heterocycles. The summed E-state index contributed by atoms with van der Waals surface area (Å²) in [5.41, 5.74) is 1.16. The average Bonchev–Trinajstić information content (AvgIpc) is 3.23. The minimum absolute atomic E-state index is 0.0572. The van der Waals surface area contributed by atoms with E-state index in [0.29, 0.717) is 33.9 Å². The van der Waals surface area contributed by atoms with Crippen LogP contribution in [0.4, 0.5) is 11.4 Å².